The lowest BCUT2D eigenvalue weighted by atomic mass is 10.2. The average molecular weight is 339 g/mol. The Balaban J connectivity index is 1.47. The number of para-hydroxylation sites is 1. The van der Waals surface area contributed by atoms with Crippen LogP contribution < -0.4 is 10.1 Å². The molecule has 0 unspecified atom stereocenters. The molecule has 1 saturated carbocycles. The average Bonchev–Trinajstić information content (AvgIpc) is 3.46. The van der Waals surface area contributed by atoms with Crippen LogP contribution in [-0.4, -0.2) is 24.5 Å². The van der Waals surface area contributed by atoms with Crippen molar-refractivity contribution in [3.8, 4) is 11.5 Å². The third-order valence-corrected chi connectivity index (χ3v) is 4.12. The molecular weight excluding hydrogens is 318 g/mol. The van der Waals surface area contributed by atoms with Crippen LogP contribution in [0.1, 0.15) is 30.1 Å². The van der Waals surface area contributed by atoms with E-state index in [-0.39, 0.29) is 18.6 Å². The Hall–Kier alpha value is -2.82. The normalized spacial score (nSPS) is 14.4. The van der Waals surface area contributed by atoms with E-state index >= 15 is 0 Å². The molecule has 5 heteroatoms. The highest BCUT2D eigenvalue weighted by Gasteiger charge is 2.29. The largest absolute Gasteiger partial charge is 0.457 e. The monoisotopic (exact) mass is 339 g/mol. The third-order valence-electron chi connectivity index (χ3n) is 4.12. The molecule has 0 aromatic heterocycles. The highest BCUT2D eigenvalue weighted by molar-refractivity contribution is 5.91. The summed E-state index contributed by atoms with van der Waals surface area (Å²) in [6.45, 7) is 1.71. The molecule has 0 heterocycles. The van der Waals surface area contributed by atoms with Crippen molar-refractivity contribution in [3.05, 3.63) is 60.2 Å². The fourth-order valence-electron chi connectivity index (χ4n) is 2.51. The standard InChI is InChI=1S/C20H21NO4/c1-14(15-7-8-15)21-19(22)13-24-20(23)16-9-11-18(12-10-16)25-17-5-3-2-4-6-17/h2-6,9-12,14-15H,7-8,13H2,1H3,(H,21,22)/t14-/m0/s1. The minimum Gasteiger partial charge on any atom is -0.457 e. The van der Waals surface area contributed by atoms with E-state index in [4.69, 9.17) is 9.47 Å². The minimum atomic E-state index is -0.527. The van der Waals surface area contributed by atoms with Crippen LogP contribution in [0.15, 0.2) is 54.6 Å². The number of benzene rings is 2. The fourth-order valence-corrected chi connectivity index (χ4v) is 2.51. The fraction of sp³-hybridized carbons (Fsp3) is 0.300. The first-order valence-electron chi connectivity index (χ1n) is 8.41. The van der Waals surface area contributed by atoms with Crippen molar-refractivity contribution in [3.63, 3.8) is 0 Å². The lowest BCUT2D eigenvalue weighted by Crippen LogP contribution is -2.37. The van der Waals surface area contributed by atoms with Gasteiger partial charge in [-0.15, -0.1) is 0 Å². The zero-order chi connectivity index (χ0) is 17.6. The van der Waals surface area contributed by atoms with Crippen molar-refractivity contribution < 1.29 is 19.1 Å². The molecular formula is C20H21NO4. The second kappa shape index (κ2) is 7.83. The molecule has 5 nitrogen and oxygen atoms in total. The molecule has 1 amide bonds. The minimum absolute atomic E-state index is 0.139. The molecule has 1 fully saturated rings. The van der Waals surface area contributed by atoms with E-state index in [9.17, 15) is 9.59 Å². The van der Waals surface area contributed by atoms with Gasteiger partial charge in [0.25, 0.3) is 5.91 Å². The smallest absolute Gasteiger partial charge is 0.338 e. The molecule has 0 radical (unpaired) electrons. The number of amides is 1. The van der Waals surface area contributed by atoms with Crippen molar-refractivity contribution >= 4 is 11.9 Å². The van der Waals surface area contributed by atoms with E-state index < -0.39 is 5.97 Å². The molecule has 0 saturated heterocycles. The van der Waals surface area contributed by atoms with Crippen LogP contribution in [0.5, 0.6) is 11.5 Å². The van der Waals surface area contributed by atoms with E-state index in [0.717, 1.165) is 18.6 Å². The zero-order valence-corrected chi connectivity index (χ0v) is 14.1. The molecule has 1 atom stereocenters. The number of rotatable bonds is 7. The first-order valence-corrected chi connectivity index (χ1v) is 8.41. The van der Waals surface area contributed by atoms with Crippen molar-refractivity contribution in [1.29, 1.82) is 0 Å². The van der Waals surface area contributed by atoms with E-state index in [1.54, 1.807) is 24.3 Å². The number of hydrogen-bond donors (Lipinski definition) is 1. The summed E-state index contributed by atoms with van der Waals surface area (Å²) in [5.74, 6) is 1.12. The van der Waals surface area contributed by atoms with E-state index in [1.165, 1.54) is 0 Å². The Bertz CT molecular complexity index is 723. The summed E-state index contributed by atoms with van der Waals surface area (Å²) < 4.78 is 10.7. The predicted molar refractivity (Wildman–Crippen MR) is 93.6 cm³/mol. The molecule has 3 rings (SSSR count). The second-order valence-corrected chi connectivity index (χ2v) is 6.21. The topological polar surface area (TPSA) is 64.6 Å². The zero-order valence-electron chi connectivity index (χ0n) is 14.1. The van der Waals surface area contributed by atoms with Gasteiger partial charge in [0.1, 0.15) is 11.5 Å². The molecule has 0 aliphatic heterocycles. The Kier molecular flexibility index (Phi) is 5.33. The number of hydrogen-bond acceptors (Lipinski definition) is 4. The number of carbonyl (C=O) groups excluding carboxylic acids is 2. The molecule has 1 aliphatic rings. The van der Waals surface area contributed by atoms with E-state index in [1.807, 2.05) is 37.3 Å². The van der Waals surface area contributed by atoms with Gasteiger partial charge in [0.15, 0.2) is 6.61 Å². The van der Waals surface area contributed by atoms with Crippen molar-refractivity contribution in [2.75, 3.05) is 6.61 Å². The van der Waals surface area contributed by atoms with Gasteiger partial charge in [-0.25, -0.2) is 4.79 Å². The first-order chi connectivity index (χ1) is 12.1. The van der Waals surface area contributed by atoms with Gasteiger partial charge in [0, 0.05) is 6.04 Å². The maximum absolute atomic E-state index is 12.0. The van der Waals surface area contributed by atoms with Crippen LogP contribution in [0.3, 0.4) is 0 Å². The number of carbonyl (C=O) groups is 2. The highest BCUT2D eigenvalue weighted by Crippen LogP contribution is 2.32. The highest BCUT2D eigenvalue weighted by atomic mass is 16.5. The summed E-state index contributed by atoms with van der Waals surface area (Å²) >= 11 is 0. The van der Waals surface area contributed by atoms with Gasteiger partial charge in [0.05, 0.1) is 5.56 Å². The SMILES string of the molecule is C[C@H](NC(=O)COC(=O)c1ccc(Oc2ccccc2)cc1)C1CC1. The first kappa shape index (κ1) is 17.0. The van der Waals surface area contributed by atoms with Crippen LogP contribution >= 0.6 is 0 Å². The molecule has 1 aliphatic carbocycles. The predicted octanol–water partition coefficient (Wildman–Crippen LogP) is 3.55. The Labute approximate surface area is 147 Å². The van der Waals surface area contributed by atoms with Crippen LogP contribution in [0.2, 0.25) is 0 Å². The van der Waals surface area contributed by atoms with Gasteiger partial charge in [-0.3, -0.25) is 4.79 Å². The lowest BCUT2D eigenvalue weighted by molar-refractivity contribution is -0.124. The third kappa shape index (κ3) is 5.08. The van der Waals surface area contributed by atoms with Crippen LogP contribution in [-0.2, 0) is 9.53 Å². The van der Waals surface area contributed by atoms with Gasteiger partial charge in [0.2, 0.25) is 0 Å². The molecule has 25 heavy (non-hydrogen) atoms. The summed E-state index contributed by atoms with van der Waals surface area (Å²) in [5.41, 5.74) is 0.378. The van der Waals surface area contributed by atoms with Gasteiger partial charge in [-0.2, -0.15) is 0 Å². The number of ether oxygens (including phenoxy) is 2. The summed E-state index contributed by atoms with van der Waals surface area (Å²) in [4.78, 5) is 23.8. The number of nitrogens with one attached hydrogen (secondary N) is 1. The van der Waals surface area contributed by atoms with Crippen LogP contribution in [0, 0.1) is 5.92 Å². The maximum Gasteiger partial charge on any atom is 0.338 e. The van der Waals surface area contributed by atoms with Gasteiger partial charge in [-0.1, -0.05) is 18.2 Å². The van der Waals surface area contributed by atoms with Crippen molar-refractivity contribution in [2.24, 2.45) is 5.92 Å². The molecule has 0 spiro atoms. The van der Waals surface area contributed by atoms with E-state index in [0.29, 0.717) is 17.2 Å². The summed E-state index contributed by atoms with van der Waals surface area (Å²) in [7, 11) is 0. The van der Waals surface area contributed by atoms with Crippen molar-refractivity contribution in [1.82, 2.24) is 5.32 Å². The lowest BCUT2D eigenvalue weighted by Gasteiger charge is -2.12. The summed E-state index contributed by atoms with van der Waals surface area (Å²) in [5, 5.41) is 2.85. The molecule has 2 aromatic carbocycles. The summed E-state index contributed by atoms with van der Waals surface area (Å²) in [6.07, 6.45) is 2.30. The Morgan fingerprint density at radius 1 is 1.04 bits per heavy atom. The second-order valence-electron chi connectivity index (χ2n) is 6.21. The van der Waals surface area contributed by atoms with Crippen LogP contribution in [0.4, 0.5) is 0 Å². The molecule has 0 bridgehead atoms. The maximum atomic E-state index is 12.0. The van der Waals surface area contributed by atoms with E-state index in [2.05, 4.69) is 5.32 Å². The quantitative estimate of drug-likeness (QED) is 0.784. The Morgan fingerprint density at radius 3 is 2.32 bits per heavy atom. The van der Waals surface area contributed by atoms with Gasteiger partial charge in [-0.05, 0) is 62.1 Å². The van der Waals surface area contributed by atoms with Gasteiger partial charge < -0.3 is 14.8 Å². The molecule has 130 valence electrons. The number of esters is 1. The summed E-state index contributed by atoms with van der Waals surface area (Å²) in [6, 6.07) is 16.1. The Morgan fingerprint density at radius 2 is 1.68 bits per heavy atom. The molecule has 1 N–H and O–H groups in total. The van der Waals surface area contributed by atoms with Crippen molar-refractivity contribution in [2.45, 2.75) is 25.8 Å². The van der Waals surface area contributed by atoms with Crippen LogP contribution in [0.25, 0.3) is 0 Å². The molecule has 2 aromatic rings. The van der Waals surface area contributed by atoms with Gasteiger partial charge >= 0.3 is 5.97 Å².